The third kappa shape index (κ3) is 2.12. The number of aryl methyl sites for hydroxylation is 2. The van der Waals surface area contributed by atoms with Gasteiger partial charge in [-0.3, -0.25) is 4.79 Å². The van der Waals surface area contributed by atoms with E-state index in [1.54, 1.807) is 12.1 Å². The molecule has 0 saturated carbocycles. The minimum absolute atomic E-state index is 0.116. The highest BCUT2D eigenvalue weighted by atomic mass is 35.5. The van der Waals surface area contributed by atoms with Crippen LogP contribution in [0.5, 0.6) is 0 Å². The number of para-hydroxylation sites is 1. The van der Waals surface area contributed by atoms with Gasteiger partial charge < -0.3 is 4.42 Å². The summed E-state index contributed by atoms with van der Waals surface area (Å²) in [5.41, 5.74) is 3.29. The maximum absolute atomic E-state index is 12.5. The van der Waals surface area contributed by atoms with Crippen LogP contribution in [-0.4, -0.2) is 5.78 Å². The Labute approximate surface area is 122 Å². The second kappa shape index (κ2) is 4.80. The Kier molecular flexibility index (Phi) is 3.11. The molecule has 100 valence electrons. The highest BCUT2D eigenvalue weighted by Gasteiger charge is 2.17. The van der Waals surface area contributed by atoms with Crippen molar-refractivity contribution in [3.05, 3.63) is 69.9 Å². The molecule has 0 aliphatic carbocycles. The lowest BCUT2D eigenvalue weighted by atomic mass is 10.0. The summed E-state index contributed by atoms with van der Waals surface area (Å²) >= 11 is 6.07. The van der Waals surface area contributed by atoms with Crippen molar-refractivity contribution >= 4 is 28.4 Å². The van der Waals surface area contributed by atoms with Crippen molar-refractivity contribution in [3.8, 4) is 0 Å². The SMILES string of the molecule is Cc1ccc(C(=O)c2cc3cccc(Cl)c3o2)c(C)c1. The van der Waals surface area contributed by atoms with Crippen LogP contribution in [0.3, 0.4) is 0 Å². The molecular weight excluding hydrogens is 272 g/mol. The van der Waals surface area contributed by atoms with Gasteiger partial charge in [0.05, 0.1) is 5.02 Å². The summed E-state index contributed by atoms with van der Waals surface area (Å²) < 4.78 is 5.62. The lowest BCUT2D eigenvalue weighted by Crippen LogP contribution is -2.02. The van der Waals surface area contributed by atoms with Gasteiger partial charge in [-0.1, -0.05) is 47.5 Å². The molecule has 20 heavy (non-hydrogen) atoms. The first-order valence-electron chi connectivity index (χ1n) is 6.36. The Morgan fingerprint density at radius 2 is 1.90 bits per heavy atom. The lowest BCUT2D eigenvalue weighted by molar-refractivity contribution is 0.101. The number of fused-ring (bicyclic) bond motifs is 1. The van der Waals surface area contributed by atoms with Gasteiger partial charge in [-0.25, -0.2) is 0 Å². The molecule has 0 amide bonds. The minimum atomic E-state index is -0.116. The molecular formula is C17H13ClO2. The van der Waals surface area contributed by atoms with Crippen LogP contribution in [0.25, 0.3) is 11.0 Å². The van der Waals surface area contributed by atoms with Gasteiger partial charge in [-0.05, 0) is 31.5 Å². The van der Waals surface area contributed by atoms with Crippen LogP contribution in [0.4, 0.5) is 0 Å². The predicted octanol–water partition coefficient (Wildman–Crippen LogP) is 4.93. The average molecular weight is 285 g/mol. The van der Waals surface area contributed by atoms with E-state index in [4.69, 9.17) is 16.0 Å². The molecule has 0 radical (unpaired) electrons. The number of benzene rings is 2. The molecule has 1 aromatic heterocycles. The van der Waals surface area contributed by atoms with Crippen LogP contribution in [-0.2, 0) is 0 Å². The number of furan rings is 1. The van der Waals surface area contributed by atoms with E-state index < -0.39 is 0 Å². The van der Waals surface area contributed by atoms with Crippen molar-refractivity contribution in [2.75, 3.05) is 0 Å². The topological polar surface area (TPSA) is 30.2 Å². The van der Waals surface area contributed by atoms with Crippen LogP contribution in [0.2, 0.25) is 5.02 Å². The Morgan fingerprint density at radius 1 is 1.10 bits per heavy atom. The van der Waals surface area contributed by atoms with E-state index in [0.29, 0.717) is 21.9 Å². The van der Waals surface area contributed by atoms with E-state index in [1.165, 1.54) is 0 Å². The molecule has 0 fully saturated rings. The van der Waals surface area contributed by atoms with Crippen LogP contribution in [0.15, 0.2) is 46.9 Å². The van der Waals surface area contributed by atoms with Gasteiger partial charge in [0.25, 0.3) is 0 Å². The molecule has 0 unspecified atom stereocenters. The maximum atomic E-state index is 12.5. The molecule has 2 nitrogen and oxygen atoms in total. The lowest BCUT2D eigenvalue weighted by Gasteiger charge is -2.03. The summed E-state index contributed by atoms with van der Waals surface area (Å²) in [5.74, 6) is 0.204. The number of carbonyl (C=O) groups is 1. The number of carbonyl (C=O) groups excluding carboxylic acids is 1. The Morgan fingerprint density at radius 3 is 2.60 bits per heavy atom. The fourth-order valence-electron chi connectivity index (χ4n) is 2.34. The summed E-state index contributed by atoms with van der Waals surface area (Å²) in [6.45, 7) is 3.93. The summed E-state index contributed by atoms with van der Waals surface area (Å²) in [4.78, 5) is 12.5. The van der Waals surface area contributed by atoms with Gasteiger partial charge in [0, 0.05) is 10.9 Å². The zero-order chi connectivity index (χ0) is 14.3. The molecule has 0 bridgehead atoms. The molecule has 0 saturated heterocycles. The second-order valence-electron chi connectivity index (χ2n) is 4.92. The normalized spacial score (nSPS) is 10.9. The molecule has 0 spiro atoms. The van der Waals surface area contributed by atoms with Crippen molar-refractivity contribution < 1.29 is 9.21 Å². The first-order valence-corrected chi connectivity index (χ1v) is 6.74. The first kappa shape index (κ1) is 12.9. The molecule has 0 N–H and O–H groups in total. The molecule has 3 aromatic rings. The quantitative estimate of drug-likeness (QED) is 0.624. The van der Waals surface area contributed by atoms with Gasteiger partial charge in [-0.2, -0.15) is 0 Å². The summed E-state index contributed by atoms with van der Waals surface area (Å²) in [5, 5.41) is 1.35. The van der Waals surface area contributed by atoms with Crippen molar-refractivity contribution in [1.29, 1.82) is 0 Å². The number of rotatable bonds is 2. The number of hydrogen-bond donors (Lipinski definition) is 0. The van der Waals surface area contributed by atoms with Crippen molar-refractivity contribution in [3.63, 3.8) is 0 Å². The second-order valence-corrected chi connectivity index (χ2v) is 5.32. The fraction of sp³-hybridized carbons (Fsp3) is 0.118. The van der Waals surface area contributed by atoms with Crippen molar-refractivity contribution in [1.82, 2.24) is 0 Å². The van der Waals surface area contributed by atoms with E-state index >= 15 is 0 Å². The largest absolute Gasteiger partial charge is 0.451 e. The standard InChI is InChI=1S/C17H13ClO2/c1-10-6-7-13(11(2)8-10)16(19)15-9-12-4-3-5-14(18)17(12)20-15/h3-9H,1-2H3. The highest BCUT2D eigenvalue weighted by molar-refractivity contribution is 6.35. The van der Waals surface area contributed by atoms with Crippen LogP contribution >= 0.6 is 11.6 Å². The molecule has 1 heterocycles. The molecule has 3 heteroatoms. The molecule has 0 aliphatic rings. The van der Waals surface area contributed by atoms with Crippen LogP contribution in [0.1, 0.15) is 27.2 Å². The smallest absolute Gasteiger partial charge is 0.228 e. The number of hydrogen-bond acceptors (Lipinski definition) is 2. The van der Waals surface area contributed by atoms with Gasteiger partial charge in [0.2, 0.25) is 5.78 Å². The Hall–Kier alpha value is -2.06. The first-order chi connectivity index (χ1) is 9.56. The van der Waals surface area contributed by atoms with Gasteiger partial charge in [-0.15, -0.1) is 0 Å². The van der Waals surface area contributed by atoms with Gasteiger partial charge in [0.15, 0.2) is 11.3 Å². The zero-order valence-corrected chi connectivity index (χ0v) is 12.0. The summed E-state index contributed by atoms with van der Waals surface area (Å²) in [6.07, 6.45) is 0. The zero-order valence-electron chi connectivity index (χ0n) is 11.2. The molecule has 2 aromatic carbocycles. The van der Waals surface area contributed by atoms with Crippen molar-refractivity contribution in [2.24, 2.45) is 0 Å². The van der Waals surface area contributed by atoms with E-state index in [0.717, 1.165) is 16.5 Å². The third-order valence-corrected chi connectivity index (χ3v) is 3.64. The fourth-order valence-corrected chi connectivity index (χ4v) is 2.56. The van der Waals surface area contributed by atoms with Crippen LogP contribution in [0, 0.1) is 13.8 Å². The predicted molar refractivity (Wildman–Crippen MR) is 80.6 cm³/mol. The van der Waals surface area contributed by atoms with E-state index in [1.807, 2.05) is 44.2 Å². The number of halogens is 1. The van der Waals surface area contributed by atoms with Gasteiger partial charge >= 0.3 is 0 Å². The monoisotopic (exact) mass is 284 g/mol. The Balaban J connectivity index is 2.10. The minimum Gasteiger partial charge on any atom is -0.451 e. The molecule has 0 atom stereocenters. The molecule has 3 rings (SSSR count). The maximum Gasteiger partial charge on any atom is 0.228 e. The van der Waals surface area contributed by atoms with Crippen LogP contribution < -0.4 is 0 Å². The van der Waals surface area contributed by atoms with E-state index in [2.05, 4.69) is 0 Å². The number of ketones is 1. The Bertz CT molecular complexity index is 815. The van der Waals surface area contributed by atoms with Crippen molar-refractivity contribution in [2.45, 2.75) is 13.8 Å². The highest BCUT2D eigenvalue weighted by Crippen LogP contribution is 2.28. The average Bonchev–Trinajstić information content (AvgIpc) is 2.83. The van der Waals surface area contributed by atoms with Gasteiger partial charge in [0.1, 0.15) is 0 Å². The molecule has 0 aliphatic heterocycles. The van der Waals surface area contributed by atoms with E-state index in [-0.39, 0.29) is 5.78 Å². The van der Waals surface area contributed by atoms with E-state index in [9.17, 15) is 4.79 Å². The summed E-state index contributed by atoms with van der Waals surface area (Å²) in [7, 11) is 0. The third-order valence-electron chi connectivity index (χ3n) is 3.35. The summed E-state index contributed by atoms with van der Waals surface area (Å²) in [6, 6.07) is 13.0.